The second kappa shape index (κ2) is 12.6. The highest BCUT2D eigenvalue weighted by Crippen LogP contribution is 2.34. The molecule has 198 valence electrons. The molecule has 0 heterocycles. The molecule has 40 heavy (non-hydrogen) atoms. The highest BCUT2D eigenvalue weighted by Gasteiger charge is 2.22. The minimum absolute atomic E-state index is 1.13. The molecule has 5 rings (SSSR count). The second-order valence-electron chi connectivity index (χ2n) is 10.3. The summed E-state index contributed by atoms with van der Waals surface area (Å²) in [6, 6.07) is 47.0. The van der Waals surface area contributed by atoms with Crippen molar-refractivity contribution < 1.29 is 4.43 Å². The molecule has 2 nitrogen and oxygen atoms in total. The van der Waals surface area contributed by atoms with Gasteiger partial charge in [0.1, 0.15) is 0 Å². The monoisotopic (exact) mass is 537 g/mol. The van der Waals surface area contributed by atoms with E-state index in [2.05, 4.69) is 164 Å². The smallest absolute Gasteiger partial charge is 0.217 e. The van der Waals surface area contributed by atoms with Crippen molar-refractivity contribution in [3.8, 4) is 0 Å². The summed E-state index contributed by atoms with van der Waals surface area (Å²) in [5, 5.41) is 1.31. The van der Waals surface area contributed by atoms with Crippen LogP contribution in [0.2, 0.25) is 13.1 Å². The van der Waals surface area contributed by atoms with E-state index >= 15 is 0 Å². The predicted molar refractivity (Wildman–Crippen MR) is 176 cm³/mol. The Morgan fingerprint density at radius 3 is 1.15 bits per heavy atom. The number of benzene rings is 5. The van der Waals surface area contributed by atoms with Gasteiger partial charge >= 0.3 is 0 Å². The largest absolute Gasteiger partial charge is 0.416 e. The highest BCUT2D eigenvalue weighted by molar-refractivity contribution is 6.84. The van der Waals surface area contributed by atoms with E-state index in [1.54, 1.807) is 7.11 Å². The topological polar surface area (TPSA) is 12.5 Å². The van der Waals surface area contributed by atoms with Gasteiger partial charge in [-0.2, -0.15) is 0 Å². The molecule has 0 aliphatic carbocycles. The van der Waals surface area contributed by atoms with Crippen LogP contribution in [0, 0.1) is 0 Å². The summed E-state index contributed by atoms with van der Waals surface area (Å²) >= 11 is 0. The SMILES string of the molecule is CO[Si](C)(C)c1ccc(/C=C/c2ccc(/C=C/c3ccc(N(c4ccccc4)c4ccccc4)cc3)cc2)cc1. The van der Waals surface area contributed by atoms with E-state index in [1.165, 1.54) is 21.9 Å². The summed E-state index contributed by atoms with van der Waals surface area (Å²) in [5.74, 6) is 0. The molecule has 0 fully saturated rings. The van der Waals surface area contributed by atoms with Crippen LogP contribution in [0.3, 0.4) is 0 Å². The molecule has 3 heteroatoms. The first-order valence-corrected chi connectivity index (χ1v) is 16.5. The average molecular weight is 538 g/mol. The third-order valence-corrected chi connectivity index (χ3v) is 9.91. The molecule has 0 N–H and O–H groups in total. The van der Waals surface area contributed by atoms with Gasteiger partial charge in [-0.15, -0.1) is 0 Å². The van der Waals surface area contributed by atoms with Crippen LogP contribution in [0.1, 0.15) is 22.3 Å². The molecule has 0 amide bonds. The zero-order valence-corrected chi connectivity index (χ0v) is 24.4. The van der Waals surface area contributed by atoms with Crippen molar-refractivity contribution >= 4 is 54.9 Å². The minimum atomic E-state index is -1.77. The van der Waals surface area contributed by atoms with Crippen LogP contribution in [0.5, 0.6) is 0 Å². The summed E-state index contributed by atoms with van der Waals surface area (Å²) in [4.78, 5) is 2.27. The lowest BCUT2D eigenvalue weighted by Gasteiger charge is -2.25. The maximum absolute atomic E-state index is 5.71. The Bertz CT molecular complexity index is 1510. The van der Waals surface area contributed by atoms with Crippen LogP contribution < -0.4 is 10.1 Å². The maximum atomic E-state index is 5.71. The molecule has 5 aromatic carbocycles. The normalized spacial score (nSPS) is 11.8. The van der Waals surface area contributed by atoms with Crippen LogP contribution in [-0.4, -0.2) is 15.4 Å². The molecule has 5 aromatic rings. The second-order valence-corrected chi connectivity index (χ2v) is 14.3. The van der Waals surface area contributed by atoms with Crippen molar-refractivity contribution in [2.75, 3.05) is 12.0 Å². The molecule has 0 saturated carbocycles. The highest BCUT2D eigenvalue weighted by atomic mass is 28.4. The van der Waals surface area contributed by atoms with E-state index in [4.69, 9.17) is 4.43 Å². The fourth-order valence-corrected chi connectivity index (χ4v) is 5.76. The lowest BCUT2D eigenvalue weighted by molar-refractivity contribution is 0.416. The van der Waals surface area contributed by atoms with Crippen LogP contribution in [0.15, 0.2) is 133 Å². The Morgan fingerprint density at radius 1 is 0.450 bits per heavy atom. The van der Waals surface area contributed by atoms with E-state index in [0.717, 1.165) is 22.6 Å². The third-order valence-electron chi connectivity index (χ3n) is 7.17. The molecule has 0 radical (unpaired) electrons. The molecule has 0 saturated heterocycles. The Hall–Kier alpha value is -4.44. The number of rotatable bonds is 9. The van der Waals surface area contributed by atoms with Gasteiger partial charge in [0.2, 0.25) is 8.32 Å². The summed E-state index contributed by atoms with van der Waals surface area (Å²) < 4.78 is 5.71. The molecule has 0 aromatic heterocycles. The molecule has 0 unspecified atom stereocenters. The van der Waals surface area contributed by atoms with Crippen molar-refractivity contribution in [1.82, 2.24) is 0 Å². The Kier molecular flexibility index (Phi) is 8.55. The van der Waals surface area contributed by atoms with Crippen LogP contribution in [0.4, 0.5) is 17.1 Å². The van der Waals surface area contributed by atoms with Gasteiger partial charge in [-0.3, -0.25) is 0 Å². The van der Waals surface area contributed by atoms with Crippen molar-refractivity contribution in [2.24, 2.45) is 0 Å². The van der Waals surface area contributed by atoms with E-state index in [1.807, 2.05) is 12.1 Å². The molecular weight excluding hydrogens is 502 g/mol. The fourth-order valence-electron chi connectivity index (χ4n) is 4.55. The number of anilines is 3. The van der Waals surface area contributed by atoms with Gasteiger partial charge < -0.3 is 9.33 Å². The lowest BCUT2D eigenvalue weighted by Crippen LogP contribution is -2.43. The Morgan fingerprint density at radius 2 is 0.775 bits per heavy atom. The zero-order chi connectivity index (χ0) is 27.8. The molecule has 0 atom stereocenters. The van der Waals surface area contributed by atoms with Crippen molar-refractivity contribution in [3.63, 3.8) is 0 Å². The van der Waals surface area contributed by atoms with Gasteiger partial charge in [-0.25, -0.2) is 0 Å². The van der Waals surface area contributed by atoms with Crippen molar-refractivity contribution in [3.05, 3.63) is 156 Å². The van der Waals surface area contributed by atoms with Crippen LogP contribution >= 0.6 is 0 Å². The fraction of sp³-hybridized carbons (Fsp3) is 0.0811. The molecule has 0 spiro atoms. The van der Waals surface area contributed by atoms with E-state index < -0.39 is 8.32 Å². The summed E-state index contributed by atoms with van der Waals surface area (Å²) in [7, 11) is 0.0356. The number of para-hydroxylation sites is 2. The van der Waals surface area contributed by atoms with Crippen molar-refractivity contribution in [2.45, 2.75) is 13.1 Å². The molecule has 0 bridgehead atoms. The van der Waals surface area contributed by atoms with Gasteiger partial charge in [0.25, 0.3) is 0 Å². The van der Waals surface area contributed by atoms with Crippen molar-refractivity contribution in [1.29, 1.82) is 0 Å². The van der Waals surface area contributed by atoms with Crippen LogP contribution in [-0.2, 0) is 4.43 Å². The minimum Gasteiger partial charge on any atom is -0.416 e. The van der Waals surface area contributed by atoms with E-state index in [-0.39, 0.29) is 0 Å². The van der Waals surface area contributed by atoms with Crippen LogP contribution in [0.25, 0.3) is 24.3 Å². The third kappa shape index (κ3) is 6.76. The lowest BCUT2D eigenvalue weighted by atomic mass is 10.1. The van der Waals surface area contributed by atoms with Gasteiger partial charge in [0.15, 0.2) is 0 Å². The Labute approximate surface area is 239 Å². The first kappa shape index (κ1) is 27.1. The van der Waals surface area contributed by atoms with E-state index in [0.29, 0.717) is 0 Å². The summed E-state index contributed by atoms with van der Waals surface area (Å²) in [5.41, 5.74) is 8.11. The first-order valence-electron chi connectivity index (χ1n) is 13.6. The van der Waals surface area contributed by atoms with Gasteiger partial charge in [-0.1, -0.05) is 121 Å². The number of hydrogen-bond acceptors (Lipinski definition) is 2. The molecular formula is C37H35NOSi. The maximum Gasteiger partial charge on any atom is 0.217 e. The average Bonchev–Trinajstić information content (AvgIpc) is 3.01. The molecule has 0 aliphatic heterocycles. The molecule has 0 aliphatic rings. The van der Waals surface area contributed by atoms with Gasteiger partial charge in [0.05, 0.1) is 0 Å². The summed E-state index contributed by atoms with van der Waals surface area (Å²) in [6.45, 7) is 4.43. The van der Waals surface area contributed by atoms with Gasteiger partial charge in [-0.05, 0) is 76.9 Å². The standard InChI is InChI=1S/C37H35NOSi/c1-39-40(2,3)37-28-24-33(25-29-37)21-19-31-16-14-30(15-17-31)18-20-32-22-26-36(27-23-32)38(34-10-6-4-7-11-34)35-12-8-5-9-13-35/h4-29H,1-3H3/b20-18+,21-19+. The van der Waals surface area contributed by atoms with Gasteiger partial charge in [0, 0.05) is 24.2 Å². The first-order chi connectivity index (χ1) is 19.5. The number of nitrogens with zero attached hydrogens (tertiary/aromatic N) is 1. The summed E-state index contributed by atoms with van der Waals surface area (Å²) in [6.07, 6.45) is 8.64. The number of hydrogen-bond donors (Lipinski definition) is 0. The Balaban J connectivity index is 1.25. The predicted octanol–water partition coefficient (Wildman–Crippen LogP) is 9.56. The zero-order valence-electron chi connectivity index (χ0n) is 23.4. The quantitative estimate of drug-likeness (QED) is 0.137. The van der Waals surface area contributed by atoms with E-state index in [9.17, 15) is 0 Å².